The van der Waals surface area contributed by atoms with E-state index >= 15 is 0 Å². The van der Waals surface area contributed by atoms with E-state index in [1.54, 1.807) is 18.3 Å². The number of nitrogens with zero attached hydrogens (tertiary/aromatic N) is 1. The van der Waals surface area contributed by atoms with E-state index in [0.717, 1.165) is 30.3 Å². The summed E-state index contributed by atoms with van der Waals surface area (Å²) in [5.41, 5.74) is 1.54. The Morgan fingerprint density at radius 2 is 2.13 bits per heavy atom. The van der Waals surface area contributed by atoms with Gasteiger partial charge < -0.3 is 5.32 Å². The quantitative estimate of drug-likeness (QED) is 0.886. The van der Waals surface area contributed by atoms with E-state index in [4.69, 9.17) is 0 Å². The van der Waals surface area contributed by atoms with Gasteiger partial charge in [0, 0.05) is 23.7 Å². The van der Waals surface area contributed by atoms with Crippen molar-refractivity contribution in [2.75, 3.05) is 6.54 Å². The Balaban J connectivity index is 0.00000192. The van der Waals surface area contributed by atoms with E-state index in [1.165, 1.54) is 0 Å². The van der Waals surface area contributed by atoms with E-state index in [2.05, 4.69) is 15.0 Å². The van der Waals surface area contributed by atoms with Crippen LogP contribution in [0.5, 0.6) is 0 Å². The molecule has 23 heavy (non-hydrogen) atoms. The van der Waals surface area contributed by atoms with Crippen LogP contribution in [0.15, 0.2) is 35.4 Å². The third-order valence-corrected chi connectivity index (χ3v) is 5.69. The van der Waals surface area contributed by atoms with Gasteiger partial charge >= 0.3 is 0 Å². The van der Waals surface area contributed by atoms with Gasteiger partial charge in [0.2, 0.25) is 10.0 Å². The second kappa shape index (κ2) is 7.13. The van der Waals surface area contributed by atoms with Crippen molar-refractivity contribution in [3.63, 3.8) is 0 Å². The lowest BCUT2D eigenvalue weighted by Gasteiger charge is -2.30. The number of nitrogens with one attached hydrogen (secondary N) is 2. The number of aryl methyl sites for hydroxylation is 1. The normalized spacial score (nSPS) is 21.8. The number of para-hydroxylation sites is 1. The van der Waals surface area contributed by atoms with E-state index in [0.29, 0.717) is 5.52 Å². The summed E-state index contributed by atoms with van der Waals surface area (Å²) in [6, 6.07) is 7.27. The van der Waals surface area contributed by atoms with Crippen molar-refractivity contribution in [1.82, 2.24) is 15.0 Å². The molecule has 5 nitrogen and oxygen atoms in total. The maximum Gasteiger partial charge on any atom is 0.243 e. The Kier molecular flexibility index (Phi) is 5.62. The maximum atomic E-state index is 12.8. The second-order valence-corrected chi connectivity index (χ2v) is 7.64. The number of sulfonamides is 1. The molecule has 7 heteroatoms. The maximum absolute atomic E-state index is 12.8. The van der Waals surface area contributed by atoms with Crippen LogP contribution >= 0.6 is 12.4 Å². The molecular weight excluding hydrogens is 334 g/mol. The number of halogens is 1. The first-order valence-corrected chi connectivity index (χ1v) is 9.07. The minimum atomic E-state index is -3.58. The van der Waals surface area contributed by atoms with Crippen molar-refractivity contribution in [2.24, 2.45) is 0 Å². The highest BCUT2D eigenvalue weighted by Crippen LogP contribution is 2.23. The molecule has 1 aliphatic heterocycles. The standard InChI is InChI=1S/C16H21N3O2S.ClH/c1-11-9-13-5-3-7-15(16(13)18-10-11)22(20,21)19-14-6-4-8-17-12(14)2;/h3,5,7,9-10,12,14,17,19H,4,6,8H2,1-2H3;1H. The molecule has 2 heterocycles. The molecule has 1 aromatic heterocycles. The summed E-state index contributed by atoms with van der Waals surface area (Å²) in [6.45, 7) is 4.90. The molecule has 0 bridgehead atoms. The van der Waals surface area contributed by atoms with Gasteiger partial charge in [-0.05, 0) is 50.9 Å². The summed E-state index contributed by atoms with van der Waals surface area (Å²) in [5, 5.41) is 4.15. The molecule has 0 amide bonds. The molecule has 3 rings (SSSR count). The number of aromatic nitrogens is 1. The Morgan fingerprint density at radius 1 is 1.35 bits per heavy atom. The number of pyridine rings is 1. The molecular formula is C16H22ClN3O2S. The molecule has 0 saturated carbocycles. The van der Waals surface area contributed by atoms with Crippen LogP contribution in [-0.4, -0.2) is 32.0 Å². The van der Waals surface area contributed by atoms with Gasteiger partial charge in [-0.15, -0.1) is 12.4 Å². The van der Waals surface area contributed by atoms with Gasteiger partial charge in [0.05, 0.1) is 5.52 Å². The molecule has 2 atom stereocenters. The molecule has 126 valence electrons. The van der Waals surface area contributed by atoms with E-state index < -0.39 is 10.0 Å². The first kappa shape index (κ1) is 18.1. The van der Waals surface area contributed by atoms with Crippen molar-refractivity contribution in [1.29, 1.82) is 0 Å². The zero-order valence-corrected chi connectivity index (χ0v) is 14.9. The fourth-order valence-electron chi connectivity index (χ4n) is 2.93. The lowest BCUT2D eigenvalue weighted by molar-refractivity contribution is 0.349. The van der Waals surface area contributed by atoms with Crippen molar-refractivity contribution in [2.45, 2.75) is 43.7 Å². The number of rotatable bonds is 3. The predicted molar refractivity (Wildman–Crippen MR) is 94.5 cm³/mol. The number of fused-ring (bicyclic) bond motifs is 1. The predicted octanol–water partition coefficient (Wildman–Crippen LogP) is 2.38. The van der Waals surface area contributed by atoms with Gasteiger partial charge in [-0.3, -0.25) is 4.98 Å². The summed E-state index contributed by atoms with van der Waals surface area (Å²) < 4.78 is 28.4. The molecule has 2 unspecified atom stereocenters. The van der Waals surface area contributed by atoms with Crippen LogP contribution in [0.1, 0.15) is 25.3 Å². The van der Waals surface area contributed by atoms with Crippen LogP contribution in [-0.2, 0) is 10.0 Å². The Labute approximate surface area is 143 Å². The topological polar surface area (TPSA) is 71.1 Å². The minimum Gasteiger partial charge on any atom is -0.313 e. The average Bonchev–Trinajstić information content (AvgIpc) is 2.48. The Morgan fingerprint density at radius 3 is 2.87 bits per heavy atom. The third kappa shape index (κ3) is 3.83. The zero-order valence-electron chi connectivity index (χ0n) is 13.2. The Hall–Kier alpha value is -1.21. The van der Waals surface area contributed by atoms with E-state index in [9.17, 15) is 8.42 Å². The number of hydrogen-bond donors (Lipinski definition) is 2. The largest absolute Gasteiger partial charge is 0.313 e. The fourth-order valence-corrected chi connectivity index (χ4v) is 4.46. The lowest BCUT2D eigenvalue weighted by Crippen LogP contribution is -2.51. The number of benzene rings is 1. The summed E-state index contributed by atoms with van der Waals surface area (Å²) in [4.78, 5) is 4.58. The van der Waals surface area contributed by atoms with Crippen LogP contribution in [0, 0.1) is 6.92 Å². The zero-order chi connectivity index (χ0) is 15.7. The first-order chi connectivity index (χ1) is 10.5. The number of piperidine rings is 1. The number of hydrogen-bond acceptors (Lipinski definition) is 4. The van der Waals surface area contributed by atoms with Crippen molar-refractivity contribution in [3.8, 4) is 0 Å². The highest BCUT2D eigenvalue weighted by Gasteiger charge is 2.27. The van der Waals surface area contributed by atoms with E-state index in [-0.39, 0.29) is 29.4 Å². The van der Waals surface area contributed by atoms with Gasteiger partial charge in [0.25, 0.3) is 0 Å². The van der Waals surface area contributed by atoms with Crippen molar-refractivity contribution >= 4 is 33.3 Å². The summed E-state index contributed by atoms with van der Waals surface area (Å²) in [5.74, 6) is 0. The molecule has 1 aliphatic rings. The van der Waals surface area contributed by atoms with Gasteiger partial charge in [-0.1, -0.05) is 12.1 Å². The van der Waals surface area contributed by atoms with Crippen LogP contribution in [0.3, 0.4) is 0 Å². The van der Waals surface area contributed by atoms with Gasteiger partial charge in [-0.25, -0.2) is 13.1 Å². The molecule has 2 N–H and O–H groups in total. The Bertz CT molecular complexity index is 795. The first-order valence-electron chi connectivity index (χ1n) is 7.58. The van der Waals surface area contributed by atoms with Gasteiger partial charge in [0.1, 0.15) is 4.90 Å². The van der Waals surface area contributed by atoms with Crippen LogP contribution in [0.25, 0.3) is 10.9 Å². The lowest BCUT2D eigenvalue weighted by atomic mass is 10.0. The highest BCUT2D eigenvalue weighted by atomic mass is 35.5. The van der Waals surface area contributed by atoms with Crippen LogP contribution in [0.2, 0.25) is 0 Å². The summed E-state index contributed by atoms with van der Waals surface area (Å²) in [7, 11) is -3.58. The average molecular weight is 356 g/mol. The molecule has 0 spiro atoms. The van der Waals surface area contributed by atoms with Crippen LogP contribution < -0.4 is 10.0 Å². The van der Waals surface area contributed by atoms with Crippen molar-refractivity contribution in [3.05, 3.63) is 36.0 Å². The van der Waals surface area contributed by atoms with Gasteiger partial charge in [0.15, 0.2) is 0 Å². The summed E-state index contributed by atoms with van der Waals surface area (Å²) >= 11 is 0. The molecule has 1 aromatic carbocycles. The monoisotopic (exact) mass is 355 g/mol. The van der Waals surface area contributed by atoms with Gasteiger partial charge in [-0.2, -0.15) is 0 Å². The highest BCUT2D eigenvalue weighted by molar-refractivity contribution is 7.89. The van der Waals surface area contributed by atoms with Crippen molar-refractivity contribution < 1.29 is 8.42 Å². The molecule has 1 saturated heterocycles. The molecule has 1 fully saturated rings. The van der Waals surface area contributed by atoms with Crippen LogP contribution in [0.4, 0.5) is 0 Å². The minimum absolute atomic E-state index is 0. The third-order valence-electron chi connectivity index (χ3n) is 4.17. The molecule has 0 aliphatic carbocycles. The fraction of sp³-hybridized carbons (Fsp3) is 0.438. The SMILES string of the molecule is Cc1cnc2c(S(=O)(=O)NC3CCCNC3C)cccc2c1.Cl. The summed E-state index contributed by atoms with van der Waals surface area (Å²) in [6.07, 6.45) is 3.53. The second-order valence-electron chi connectivity index (χ2n) is 5.95. The molecule has 2 aromatic rings. The van der Waals surface area contributed by atoms with E-state index in [1.807, 2.05) is 26.0 Å². The molecule has 0 radical (unpaired) electrons. The smallest absolute Gasteiger partial charge is 0.243 e.